The van der Waals surface area contributed by atoms with Crippen LogP contribution in [0.5, 0.6) is 0 Å². The highest BCUT2D eigenvalue weighted by atomic mass is 32.1. The highest BCUT2D eigenvalue weighted by Crippen LogP contribution is 2.50. The van der Waals surface area contributed by atoms with Gasteiger partial charge >= 0.3 is 5.97 Å². The highest BCUT2D eigenvalue weighted by Gasteiger charge is 2.61. The fourth-order valence-electron chi connectivity index (χ4n) is 5.57. The molecule has 0 N–H and O–H groups in total. The summed E-state index contributed by atoms with van der Waals surface area (Å²) in [5, 5.41) is 13.0. The van der Waals surface area contributed by atoms with Gasteiger partial charge in [0.25, 0.3) is 11.6 Å². The molecule has 2 amide bonds. The summed E-state index contributed by atoms with van der Waals surface area (Å²) in [6.07, 6.45) is 2.22. The molecule has 2 aromatic carbocycles. The van der Waals surface area contributed by atoms with Crippen LogP contribution in [0.25, 0.3) is 0 Å². The van der Waals surface area contributed by atoms with Crippen molar-refractivity contribution in [2.24, 2.45) is 5.92 Å². The van der Waals surface area contributed by atoms with Crippen LogP contribution in [0.3, 0.4) is 0 Å². The minimum Gasteiger partial charge on any atom is -0.465 e. The number of hydroxylamine groups is 1. The number of nitro benzene ring substituents is 1. The molecule has 3 heterocycles. The van der Waals surface area contributed by atoms with Gasteiger partial charge in [-0.2, -0.15) is 0 Å². The standard InChI is InChI=1S/C27H23N3O7S/c1-36-27(33)20-18-9-5-6-10-19(18)38-26(20)28-24(31)21-22(15-11-13-17(14-12-15)30(34)35)29(37-23(21)25(28)32)16-7-3-2-4-8-16/h2-4,7-8,11-14,21-23H,5-6,9-10H2,1H3/t21-,22-,23+/m1/s1. The molecule has 2 fully saturated rings. The second-order valence-electron chi connectivity index (χ2n) is 9.40. The molecule has 0 unspecified atom stereocenters. The first-order valence-electron chi connectivity index (χ1n) is 12.3. The Bertz CT molecular complexity index is 1450. The third-order valence-electron chi connectivity index (χ3n) is 7.32. The van der Waals surface area contributed by atoms with Crippen molar-refractivity contribution in [1.29, 1.82) is 0 Å². The molecule has 0 bridgehead atoms. The summed E-state index contributed by atoms with van der Waals surface area (Å²) in [5.41, 5.74) is 2.27. The summed E-state index contributed by atoms with van der Waals surface area (Å²) < 4.78 is 5.05. The van der Waals surface area contributed by atoms with Crippen molar-refractivity contribution in [2.75, 3.05) is 17.1 Å². The molecule has 3 aromatic rings. The van der Waals surface area contributed by atoms with Crippen molar-refractivity contribution in [3.05, 3.63) is 86.3 Å². The number of benzene rings is 2. The van der Waals surface area contributed by atoms with Gasteiger partial charge in [-0.25, -0.2) is 14.8 Å². The van der Waals surface area contributed by atoms with Gasteiger partial charge < -0.3 is 4.74 Å². The van der Waals surface area contributed by atoms with E-state index in [1.807, 2.05) is 18.2 Å². The molecular weight excluding hydrogens is 510 g/mol. The minimum absolute atomic E-state index is 0.0854. The number of imide groups is 1. The van der Waals surface area contributed by atoms with Gasteiger partial charge in [0.15, 0.2) is 6.10 Å². The molecular formula is C27H23N3O7S. The number of aryl methyl sites for hydroxylation is 1. The van der Waals surface area contributed by atoms with Gasteiger partial charge in [-0.15, -0.1) is 11.3 Å². The number of nitrogens with zero attached hydrogens (tertiary/aromatic N) is 3. The summed E-state index contributed by atoms with van der Waals surface area (Å²) in [6, 6.07) is 14.2. The summed E-state index contributed by atoms with van der Waals surface area (Å²) in [6.45, 7) is 0. The van der Waals surface area contributed by atoms with Gasteiger partial charge in [-0.1, -0.05) is 30.3 Å². The monoisotopic (exact) mass is 533 g/mol. The van der Waals surface area contributed by atoms with Crippen LogP contribution in [-0.4, -0.2) is 35.9 Å². The minimum atomic E-state index is -1.12. The number of para-hydroxylation sites is 1. The largest absolute Gasteiger partial charge is 0.465 e. The van der Waals surface area contributed by atoms with Crippen LogP contribution in [-0.2, 0) is 32.0 Å². The molecule has 10 nitrogen and oxygen atoms in total. The van der Waals surface area contributed by atoms with Gasteiger partial charge in [0, 0.05) is 17.0 Å². The number of methoxy groups -OCH3 is 1. The Labute approximate surface area is 221 Å². The number of non-ortho nitro benzene ring substituents is 1. The number of ether oxygens (including phenoxy) is 1. The van der Waals surface area contributed by atoms with Crippen LogP contribution in [0.15, 0.2) is 54.6 Å². The molecule has 1 aromatic heterocycles. The number of rotatable bonds is 5. The molecule has 0 radical (unpaired) electrons. The predicted molar refractivity (Wildman–Crippen MR) is 138 cm³/mol. The Kier molecular flexibility index (Phi) is 5.96. The van der Waals surface area contributed by atoms with Crippen LogP contribution >= 0.6 is 11.3 Å². The maximum atomic E-state index is 14.1. The Morgan fingerprint density at radius 1 is 1.05 bits per heavy atom. The number of hydrogen-bond donors (Lipinski definition) is 0. The quantitative estimate of drug-likeness (QED) is 0.205. The topological polar surface area (TPSA) is 119 Å². The summed E-state index contributed by atoms with van der Waals surface area (Å²) in [4.78, 5) is 59.6. The third-order valence-corrected chi connectivity index (χ3v) is 8.59. The van der Waals surface area contributed by atoms with Crippen LogP contribution < -0.4 is 9.96 Å². The van der Waals surface area contributed by atoms with Crippen molar-refractivity contribution in [1.82, 2.24) is 0 Å². The van der Waals surface area contributed by atoms with Crippen LogP contribution in [0, 0.1) is 16.0 Å². The van der Waals surface area contributed by atoms with Gasteiger partial charge in [0.2, 0.25) is 5.91 Å². The van der Waals surface area contributed by atoms with E-state index in [1.165, 1.54) is 35.6 Å². The Hall–Kier alpha value is -4.09. The van der Waals surface area contributed by atoms with Gasteiger partial charge in [0.05, 0.1) is 29.3 Å². The van der Waals surface area contributed by atoms with Crippen LogP contribution in [0.1, 0.15) is 45.2 Å². The van der Waals surface area contributed by atoms with Gasteiger partial charge in [0.1, 0.15) is 10.9 Å². The van der Waals surface area contributed by atoms with E-state index < -0.39 is 40.8 Å². The van der Waals surface area contributed by atoms with E-state index >= 15 is 0 Å². The van der Waals surface area contributed by atoms with Crippen molar-refractivity contribution >= 4 is 45.5 Å². The fraction of sp³-hybridized carbons (Fsp3) is 0.296. The van der Waals surface area contributed by atoms with E-state index in [2.05, 4.69) is 0 Å². The number of hydrogen-bond acceptors (Lipinski definition) is 9. The SMILES string of the molecule is COC(=O)c1c(N2C(=O)[C@H]3[C@H](ON(c4ccccc4)[C@@H]3c3ccc([N+](=O)[O-])cc3)C2=O)sc2c1CCCC2. The maximum Gasteiger partial charge on any atom is 0.341 e. The average molecular weight is 534 g/mol. The molecule has 2 aliphatic heterocycles. The molecule has 11 heteroatoms. The molecule has 1 aliphatic carbocycles. The smallest absolute Gasteiger partial charge is 0.341 e. The lowest BCUT2D eigenvalue weighted by Gasteiger charge is -2.28. The van der Waals surface area contributed by atoms with E-state index in [9.17, 15) is 24.5 Å². The van der Waals surface area contributed by atoms with Crippen molar-refractivity contribution < 1.29 is 28.9 Å². The van der Waals surface area contributed by atoms with Gasteiger partial charge in [-0.3, -0.25) is 24.5 Å². The lowest BCUT2D eigenvalue weighted by molar-refractivity contribution is -0.384. The Balaban J connectivity index is 1.44. The van der Waals surface area contributed by atoms with E-state index in [0.717, 1.165) is 34.6 Å². The normalized spacial score (nSPS) is 22.4. The fourth-order valence-corrected chi connectivity index (χ4v) is 6.95. The van der Waals surface area contributed by atoms with Crippen molar-refractivity contribution in [3.63, 3.8) is 0 Å². The zero-order valence-electron chi connectivity index (χ0n) is 20.4. The average Bonchev–Trinajstić information content (AvgIpc) is 3.59. The number of carbonyl (C=O) groups is 3. The zero-order valence-corrected chi connectivity index (χ0v) is 21.2. The first kappa shape index (κ1) is 24.3. The molecule has 2 saturated heterocycles. The van der Waals surface area contributed by atoms with Crippen molar-refractivity contribution in [2.45, 2.75) is 37.8 Å². The molecule has 38 heavy (non-hydrogen) atoms. The van der Waals surface area contributed by atoms with E-state index in [1.54, 1.807) is 24.3 Å². The molecule has 3 aliphatic rings. The molecule has 194 valence electrons. The Morgan fingerprint density at radius 3 is 2.45 bits per heavy atom. The molecule has 6 rings (SSSR count). The van der Waals surface area contributed by atoms with E-state index in [4.69, 9.17) is 9.57 Å². The predicted octanol–water partition coefficient (Wildman–Crippen LogP) is 4.37. The Morgan fingerprint density at radius 2 is 1.76 bits per heavy atom. The second-order valence-corrected chi connectivity index (χ2v) is 10.5. The van der Waals surface area contributed by atoms with E-state index in [-0.39, 0.29) is 16.3 Å². The first-order chi connectivity index (χ1) is 18.4. The third kappa shape index (κ3) is 3.69. The number of carbonyl (C=O) groups excluding carboxylic acids is 3. The maximum absolute atomic E-state index is 14.1. The second kappa shape index (κ2) is 9.34. The number of fused-ring (bicyclic) bond motifs is 2. The highest BCUT2D eigenvalue weighted by molar-refractivity contribution is 7.17. The number of thiophene rings is 1. The van der Waals surface area contributed by atoms with Crippen LogP contribution in [0.4, 0.5) is 16.4 Å². The summed E-state index contributed by atoms with van der Waals surface area (Å²) in [7, 11) is 1.28. The van der Waals surface area contributed by atoms with Gasteiger partial charge in [-0.05, 0) is 48.9 Å². The molecule has 3 atom stereocenters. The van der Waals surface area contributed by atoms with E-state index in [0.29, 0.717) is 17.7 Å². The molecule has 0 spiro atoms. The van der Waals surface area contributed by atoms with Crippen molar-refractivity contribution in [3.8, 4) is 0 Å². The lowest BCUT2D eigenvalue weighted by Crippen LogP contribution is -2.37. The number of esters is 1. The lowest BCUT2D eigenvalue weighted by atomic mass is 9.90. The molecule has 0 saturated carbocycles. The summed E-state index contributed by atoms with van der Waals surface area (Å²) in [5.74, 6) is -2.52. The zero-order chi connectivity index (χ0) is 26.6. The number of anilines is 2. The summed E-state index contributed by atoms with van der Waals surface area (Å²) >= 11 is 1.29. The van der Waals surface area contributed by atoms with Crippen LogP contribution in [0.2, 0.25) is 0 Å². The first-order valence-corrected chi connectivity index (χ1v) is 13.1. The number of amides is 2. The number of nitro groups is 1.